The van der Waals surface area contributed by atoms with Gasteiger partial charge in [0.25, 0.3) is 0 Å². The summed E-state index contributed by atoms with van der Waals surface area (Å²) in [5.41, 5.74) is 2.78. The van der Waals surface area contributed by atoms with Crippen LogP contribution in [0.2, 0.25) is 0 Å². The van der Waals surface area contributed by atoms with E-state index >= 15 is 0 Å². The molecule has 1 N–H and O–H groups in total. The van der Waals surface area contributed by atoms with E-state index < -0.39 is 0 Å². The maximum Gasteiger partial charge on any atom is -0.00141 e. The Morgan fingerprint density at radius 3 is 2.60 bits per heavy atom. The van der Waals surface area contributed by atoms with Crippen LogP contribution >= 0.6 is 0 Å². The summed E-state index contributed by atoms with van der Waals surface area (Å²) in [6.07, 6.45) is 5.63. The summed E-state index contributed by atoms with van der Waals surface area (Å²) in [6, 6.07) is 0. The van der Waals surface area contributed by atoms with Crippen LogP contribution in [-0.4, -0.2) is 13.1 Å². The first kappa shape index (κ1) is 14.4. The first-order chi connectivity index (χ1) is 7.06. The van der Waals surface area contributed by atoms with Gasteiger partial charge in [-0.15, -0.1) is 0 Å². The first-order valence-corrected chi connectivity index (χ1v) is 6.09. The predicted molar refractivity (Wildman–Crippen MR) is 70.1 cm³/mol. The highest BCUT2D eigenvalue weighted by Gasteiger charge is 1.94. The lowest BCUT2D eigenvalue weighted by Crippen LogP contribution is -2.20. The SMILES string of the molecule is C=C(CC)CC(C)=CCCNCC(C)C. The van der Waals surface area contributed by atoms with Crippen molar-refractivity contribution < 1.29 is 0 Å². The Morgan fingerprint density at radius 2 is 2.07 bits per heavy atom. The Bertz CT molecular complexity index is 201. The average molecular weight is 209 g/mol. The van der Waals surface area contributed by atoms with Gasteiger partial charge in [0.2, 0.25) is 0 Å². The van der Waals surface area contributed by atoms with E-state index in [1.807, 2.05) is 0 Å². The molecule has 0 heterocycles. The molecular formula is C14H27N. The van der Waals surface area contributed by atoms with Crippen molar-refractivity contribution in [3.8, 4) is 0 Å². The molecule has 1 nitrogen and oxygen atoms in total. The number of hydrogen-bond acceptors (Lipinski definition) is 1. The van der Waals surface area contributed by atoms with Gasteiger partial charge < -0.3 is 5.32 Å². The molecule has 0 radical (unpaired) electrons. The Kier molecular flexibility index (Phi) is 8.40. The van der Waals surface area contributed by atoms with Crippen LogP contribution in [0.4, 0.5) is 0 Å². The van der Waals surface area contributed by atoms with Gasteiger partial charge in [0, 0.05) is 0 Å². The molecule has 0 unspecified atom stereocenters. The third-order valence-corrected chi connectivity index (χ3v) is 2.40. The fraction of sp³-hybridized carbons (Fsp3) is 0.714. The van der Waals surface area contributed by atoms with Gasteiger partial charge in [0.15, 0.2) is 0 Å². The summed E-state index contributed by atoms with van der Waals surface area (Å²) >= 11 is 0. The zero-order valence-electron chi connectivity index (χ0n) is 10.9. The van der Waals surface area contributed by atoms with Crippen molar-refractivity contribution >= 4 is 0 Å². The molecule has 15 heavy (non-hydrogen) atoms. The van der Waals surface area contributed by atoms with Crippen LogP contribution in [0.5, 0.6) is 0 Å². The predicted octanol–water partition coefficient (Wildman–Crippen LogP) is 3.92. The van der Waals surface area contributed by atoms with Gasteiger partial charge >= 0.3 is 0 Å². The molecule has 88 valence electrons. The van der Waals surface area contributed by atoms with Crippen LogP contribution in [0.3, 0.4) is 0 Å². The Hall–Kier alpha value is -0.560. The maximum absolute atomic E-state index is 4.02. The van der Waals surface area contributed by atoms with Crippen molar-refractivity contribution in [2.45, 2.75) is 47.0 Å². The number of hydrogen-bond donors (Lipinski definition) is 1. The quantitative estimate of drug-likeness (QED) is 0.472. The number of allylic oxidation sites excluding steroid dienone is 2. The summed E-state index contributed by atoms with van der Waals surface area (Å²) in [4.78, 5) is 0. The van der Waals surface area contributed by atoms with Crippen molar-refractivity contribution in [1.82, 2.24) is 5.32 Å². The summed E-state index contributed by atoms with van der Waals surface area (Å²) < 4.78 is 0. The molecule has 0 rings (SSSR count). The summed E-state index contributed by atoms with van der Waals surface area (Å²) in [5.74, 6) is 0.745. The smallest absolute Gasteiger partial charge is 0.00141 e. The highest BCUT2D eigenvalue weighted by molar-refractivity contribution is 5.10. The minimum Gasteiger partial charge on any atom is -0.316 e. The minimum atomic E-state index is 0.745. The fourth-order valence-corrected chi connectivity index (χ4v) is 1.40. The molecule has 0 spiro atoms. The largest absolute Gasteiger partial charge is 0.316 e. The molecule has 0 aromatic rings. The number of nitrogens with one attached hydrogen (secondary N) is 1. The third-order valence-electron chi connectivity index (χ3n) is 2.40. The molecule has 0 aliphatic rings. The second kappa shape index (κ2) is 8.72. The van der Waals surface area contributed by atoms with Crippen LogP contribution in [-0.2, 0) is 0 Å². The second-order valence-electron chi connectivity index (χ2n) is 4.72. The lowest BCUT2D eigenvalue weighted by atomic mass is 10.1. The standard InChI is InChI=1S/C14H27N/c1-6-13(4)10-14(5)8-7-9-15-11-12(2)3/h8,12,15H,4,6-7,9-11H2,1-3,5H3. The Labute approximate surface area is 95.7 Å². The van der Waals surface area contributed by atoms with Gasteiger partial charge in [0.1, 0.15) is 0 Å². The summed E-state index contributed by atoms with van der Waals surface area (Å²) in [6.45, 7) is 15.1. The highest BCUT2D eigenvalue weighted by atomic mass is 14.8. The van der Waals surface area contributed by atoms with Gasteiger partial charge in [-0.25, -0.2) is 0 Å². The molecule has 0 amide bonds. The molecule has 1 heteroatoms. The fourth-order valence-electron chi connectivity index (χ4n) is 1.40. The highest BCUT2D eigenvalue weighted by Crippen LogP contribution is 2.11. The van der Waals surface area contributed by atoms with Crippen LogP contribution in [0, 0.1) is 5.92 Å². The van der Waals surface area contributed by atoms with Crippen molar-refractivity contribution in [3.63, 3.8) is 0 Å². The number of rotatable bonds is 8. The lowest BCUT2D eigenvalue weighted by Gasteiger charge is -2.06. The van der Waals surface area contributed by atoms with E-state index in [1.165, 1.54) is 11.1 Å². The maximum atomic E-state index is 4.02. The molecule has 0 aliphatic heterocycles. The van der Waals surface area contributed by atoms with Crippen molar-refractivity contribution in [2.75, 3.05) is 13.1 Å². The second-order valence-corrected chi connectivity index (χ2v) is 4.72. The van der Waals surface area contributed by atoms with Gasteiger partial charge in [-0.1, -0.05) is 44.6 Å². The van der Waals surface area contributed by atoms with E-state index in [4.69, 9.17) is 0 Å². The molecule has 0 aliphatic carbocycles. The molecular weight excluding hydrogens is 182 g/mol. The normalized spacial score (nSPS) is 12.2. The van der Waals surface area contributed by atoms with Crippen molar-refractivity contribution in [2.24, 2.45) is 5.92 Å². The van der Waals surface area contributed by atoms with Crippen molar-refractivity contribution in [1.29, 1.82) is 0 Å². The van der Waals surface area contributed by atoms with Crippen molar-refractivity contribution in [3.05, 3.63) is 23.8 Å². The zero-order valence-corrected chi connectivity index (χ0v) is 10.9. The monoisotopic (exact) mass is 209 g/mol. The average Bonchev–Trinajstić information content (AvgIpc) is 2.16. The summed E-state index contributed by atoms with van der Waals surface area (Å²) in [7, 11) is 0. The molecule has 0 bridgehead atoms. The Morgan fingerprint density at radius 1 is 1.40 bits per heavy atom. The first-order valence-electron chi connectivity index (χ1n) is 6.09. The van der Waals surface area contributed by atoms with E-state index in [1.54, 1.807) is 0 Å². The Balaban J connectivity index is 3.54. The van der Waals surface area contributed by atoms with Gasteiger partial charge in [-0.2, -0.15) is 0 Å². The molecule has 0 saturated heterocycles. The third kappa shape index (κ3) is 9.74. The van der Waals surface area contributed by atoms with Gasteiger partial charge in [0.05, 0.1) is 0 Å². The van der Waals surface area contributed by atoms with E-state index in [0.29, 0.717) is 0 Å². The lowest BCUT2D eigenvalue weighted by molar-refractivity contribution is 0.556. The van der Waals surface area contributed by atoms with Crippen LogP contribution in [0.25, 0.3) is 0 Å². The van der Waals surface area contributed by atoms with Gasteiger partial charge in [-0.05, 0) is 45.2 Å². The molecule has 0 aromatic carbocycles. The topological polar surface area (TPSA) is 12.0 Å². The molecule has 0 aromatic heterocycles. The van der Waals surface area contributed by atoms with Crippen LogP contribution < -0.4 is 5.32 Å². The van der Waals surface area contributed by atoms with Crippen LogP contribution in [0.1, 0.15) is 47.0 Å². The molecule has 0 saturated carbocycles. The molecule has 0 fully saturated rings. The van der Waals surface area contributed by atoms with Crippen LogP contribution in [0.15, 0.2) is 23.8 Å². The van der Waals surface area contributed by atoms with E-state index in [2.05, 4.69) is 45.7 Å². The molecule has 0 atom stereocenters. The zero-order chi connectivity index (χ0) is 11.7. The van der Waals surface area contributed by atoms with E-state index in [-0.39, 0.29) is 0 Å². The minimum absolute atomic E-state index is 0.745. The van der Waals surface area contributed by atoms with E-state index in [0.717, 1.165) is 38.3 Å². The summed E-state index contributed by atoms with van der Waals surface area (Å²) in [5, 5.41) is 3.44. The van der Waals surface area contributed by atoms with Gasteiger partial charge in [-0.3, -0.25) is 0 Å². The van der Waals surface area contributed by atoms with E-state index in [9.17, 15) is 0 Å².